The Morgan fingerprint density at radius 1 is 1.35 bits per heavy atom. The minimum absolute atomic E-state index is 0.0681. The molecule has 0 bridgehead atoms. The van der Waals surface area contributed by atoms with Gasteiger partial charge < -0.3 is 4.52 Å². The summed E-state index contributed by atoms with van der Waals surface area (Å²) in [5, 5.41) is 11.1. The number of anilines is 1. The fraction of sp³-hybridized carbons (Fsp3) is 0.562. The maximum Gasteiger partial charge on any atom is 0.240 e. The third-order valence-corrected chi connectivity index (χ3v) is 4.22. The van der Waals surface area contributed by atoms with Crippen molar-refractivity contribution in [1.82, 2.24) is 19.8 Å². The van der Waals surface area contributed by atoms with E-state index in [0.717, 1.165) is 43.0 Å². The van der Waals surface area contributed by atoms with Gasteiger partial charge in [-0.15, -0.1) is 0 Å². The molecule has 1 aliphatic rings. The second-order valence-electron chi connectivity index (χ2n) is 6.26. The molecule has 3 rings (SSSR count). The number of carbonyl (C=O) groups excluding carboxylic acids is 1. The van der Waals surface area contributed by atoms with Crippen LogP contribution < -0.4 is 5.32 Å². The van der Waals surface area contributed by atoms with Crippen LogP contribution in [0.25, 0.3) is 0 Å². The quantitative estimate of drug-likeness (QED) is 0.911. The molecule has 3 heterocycles. The lowest BCUT2D eigenvalue weighted by Gasteiger charge is -2.24. The molecule has 1 N–H and O–H groups in total. The average Bonchev–Trinajstić information content (AvgIpc) is 3.15. The van der Waals surface area contributed by atoms with Gasteiger partial charge in [0, 0.05) is 17.8 Å². The van der Waals surface area contributed by atoms with Gasteiger partial charge in [-0.25, -0.2) is 0 Å². The standard InChI is InChI=1S/C16H23N5O2/c1-11-7-13(3)21(18-11)9-14-5-4-6-20(14)10-15(22)17-16-8-12(2)19-23-16/h7-8,14H,4-6,9-10H2,1-3H3,(H,17,22)/t14-/m1/s1. The van der Waals surface area contributed by atoms with Crippen LogP contribution in [0.3, 0.4) is 0 Å². The van der Waals surface area contributed by atoms with Crippen molar-refractivity contribution in [3.63, 3.8) is 0 Å². The monoisotopic (exact) mass is 317 g/mol. The first-order chi connectivity index (χ1) is 11.0. The van der Waals surface area contributed by atoms with E-state index in [0.29, 0.717) is 18.5 Å². The van der Waals surface area contributed by atoms with Crippen LogP contribution in [0.5, 0.6) is 0 Å². The summed E-state index contributed by atoms with van der Waals surface area (Å²) in [5.41, 5.74) is 2.95. The number of likely N-dealkylation sites (tertiary alicyclic amines) is 1. The first-order valence-corrected chi connectivity index (χ1v) is 7.99. The predicted molar refractivity (Wildman–Crippen MR) is 86.2 cm³/mol. The third-order valence-electron chi connectivity index (χ3n) is 4.22. The molecule has 1 saturated heterocycles. The Morgan fingerprint density at radius 2 is 2.17 bits per heavy atom. The Kier molecular flexibility index (Phi) is 4.47. The summed E-state index contributed by atoms with van der Waals surface area (Å²) in [6.07, 6.45) is 2.20. The highest BCUT2D eigenvalue weighted by molar-refractivity contribution is 5.91. The summed E-state index contributed by atoms with van der Waals surface area (Å²) in [5.74, 6) is 0.336. The van der Waals surface area contributed by atoms with Crippen LogP contribution in [0.4, 0.5) is 5.88 Å². The van der Waals surface area contributed by atoms with E-state index >= 15 is 0 Å². The molecule has 0 aromatic carbocycles. The fourth-order valence-electron chi connectivity index (χ4n) is 3.15. The van der Waals surface area contributed by atoms with Crippen molar-refractivity contribution in [2.24, 2.45) is 0 Å². The smallest absolute Gasteiger partial charge is 0.240 e. The van der Waals surface area contributed by atoms with E-state index in [4.69, 9.17) is 4.52 Å². The molecule has 7 nitrogen and oxygen atoms in total. The predicted octanol–water partition coefficient (Wildman–Crippen LogP) is 1.90. The van der Waals surface area contributed by atoms with Crippen molar-refractivity contribution in [3.05, 3.63) is 29.2 Å². The van der Waals surface area contributed by atoms with Crippen molar-refractivity contribution in [1.29, 1.82) is 0 Å². The highest BCUT2D eigenvalue weighted by Gasteiger charge is 2.27. The fourth-order valence-corrected chi connectivity index (χ4v) is 3.15. The van der Waals surface area contributed by atoms with Crippen LogP contribution in [-0.2, 0) is 11.3 Å². The van der Waals surface area contributed by atoms with E-state index < -0.39 is 0 Å². The van der Waals surface area contributed by atoms with Gasteiger partial charge in [-0.2, -0.15) is 5.10 Å². The topological polar surface area (TPSA) is 76.2 Å². The third kappa shape index (κ3) is 3.79. The number of hydrogen-bond donors (Lipinski definition) is 1. The maximum absolute atomic E-state index is 12.2. The van der Waals surface area contributed by atoms with E-state index in [1.165, 1.54) is 0 Å². The minimum Gasteiger partial charge on any atom is -0.338 e. The lowest BCUT2D eigenvalue weighted by atomic mass is 10.2. The molecule has 7 heteroatoms. The van der Waals surface area contributed by atoms with Crippen LogP contribution in [0.2, 0.25) is 0 Å². The molecular weight excluding hydrogens is 294 g/mol. The molecular formula is C16H23N5O2. The first kappa shape index (κ1) is 15.7. The van der Waals surface area contributed by atoms with Crippen molar-refractivity contribution < 1.29 is 9.32 Å². The number of rotatable bonds is 5. The molecule has 0 saturated carbocycles. The molecule has 0 spiro atoms. The Labute approximate surface area is 135 Å². The summed E-state index contributed by atoms with van der Waals surface area (Å²) in [7, 11) is 0. The van der Waals surface area contributed by atoms with E-state index in [1.807, 2.05) is 18.5 Å². The van der Waals surface area contributed by atoms with Crippen LogP contribution in [-0.4, -0.2) is 44.9 Å². The Balaban J connectivity index is 1.58. The zero-order valence-electron chi connectivity index (χ0n) is 13.9. The second kappa shape index (κ2) is 6.54. The van der Waals surface area contributed by atoms with Gasteiger partial charge in [0.05, 0.1) is 24.5 Å². The molecule has 1 fully saturated rings. The van der Waals surface area contributed by atoms with Gasteiger partial charge in [0.2, 0.25) is 11.8 Å². The Morgan fingerprint density at radius 3 is 2.83 bits per heavy atom. The largest absolute Gasteiger partial charge is 0.338 e. The summed E-state index contributed by atoms with van der Waals surface area (Å²) in [4.78, 5) is 14.4. The van der Waals surface area contributed by atoms with Gasteiger partial charge in [-0.05, 0) is 46.2 Å². The number of nitrogens with zero attached hydrogens (tertiary/aromatic N) is 4. The van der Waals surface area contributed by atoms with Crippen LogP contribution in [0, 0.1) is 20.8 Å². The SMILES string of the molecule is Cc1cc(NC(=O)CN2CCC[C@@H]2Cn2nc(C)cc2C)on1. The van der Waals surface area contributed by atoms with Gasteiger partial charge in [-0.3, -0.25) is 19.7 Å². The minimum atomic E-state index is -0.0681. The van der Waals surface area contributed by atoms with Gasteiger partial charge >= 0.3 is 0 Å². The Bertz CT molecular complexity index is 690. The van der Waals surface area contributed by atoms with Crippen molar-refractivity contribution in [3.8, 4) is 0 Å². The van der Waals surface area contributed by atoms with Crippen molar-refractivity contribution in [2.45, 2.75) is 46.2 Å². The number of carbonyl (C=O) groups is 1. The molecule has 1 aliphatic heterocycles. The molecule has 0 unspecified atom stereocenters. The highest BCUT2D eigenvalue weighted by atomic mass is 16.5. The van der Waals surface area contributed by atoms with E-state index in [2.05, 4.69) is 33.5 Å². The number of aryl methyl sites for hydroxylation is 3. The van der Waals surface area contributed by atoms with Crippen molar-refractivity contribution in [2.75, 3.05) is 18.4 Å². The molecule has 23 heavy (non-hydrogen) atoms. The highest BCUT2D eigenvalue weighted by Crippen LogP contribution is 2.19. The van der Waals surface area contributed by atoms with Gasteiger partial charge in [0.1, 0.15) is 0 Å². The molecule has 2 aromatic rings. The molecule has 0 aliphatic carbocycles. The molecule has 1 amide bonds. The summed E-state index contributed by atoms with van der Waals surface area (Å²) in [6.45, 7) is 8.02. The zero-order chi connectivity index (χ0) is 16.4. The van der Waals surface area contributed by atoms with E-state index in [9.17, 15) is 4.79 Å². The van der Waals surface area contributed by atoms with Crippen LogP contribution >= 0.6 is 0 Å². The van der Waals surface area contributed by atoms with Crippen molar-refractivity contribution >= 4 is 11.8 Å². The first-order valence-electron chi connectivity index (χ1n) is 7.99. The summed E-state index contributed by atoms with van der Waals surface area (Å²) < 4.78 is 7.06. The molecule has 0 radical (unpaired) electrons. The Hall–Kier alpha value is -2.15. The molecule has 124 valence electrons. The molecule has 1 atom stereocenters. The zero-order valence-corrected chi connectivity index (χ0v) is 13.9. The lowest BCUT2D eigenvalue weighted by molar-refractivity contribution is -0.117. The number of nitrogens with one attached hydrogen (secondary N) is 1. The average molecular weight is 317 g/mol. The van der Waals surface area contributed by atoms with Crippen LogP contribution in [0.1, 0.15) is 29.9 Å². The second-order valence-corrected chi connectivity index (χ2v) is 6.26. The van der Waals surface area contributed by atoms with E-state index in [1.54, 1.807) is 6.07 Å². The number of aromatic nitrogens is 3. The summed E-state index contributed by atoms with van der Waals surface area (Å²) in [6, 6.07) is 4.14. The van der Waals surface area contributed by atoms with Gasteiger partial charge in [0.15, 0.2) is 0 Å². The van der Waals surface area contributed by atoms with Gasteiger partial charge in [0.25, 0.3) is 0 Å². The van der Waals surface area contributed by atoms with Crippen LogP contribution in [0.15, 0.2) is 16.7 Å². The lowest BCUT2D eigenvalue weighted by Crippen LogP contribution is -2.39. The van der Waals surface area contributed by atoms with E-state index in [-0.39, 0.29) is 5.91 Å². The summed E-state index contributed by atoms with van der Waals surface area (Å²) >= 11 is 0. The molecule has 2 aromatic heterocycles. The number of hydrogen-bond acceptors (Lipinski definition) is 5. The maximum atomic E-state index is 12.2. The van der Waals surface area contributed by atoms with Gasteiger partial charge in [-0.1, -0.05) is 5.16 Å². The number of amides is 1. The normalized spacial score (nSPS) is 18.5.